The molecule has 0 radical (unpaired) electrons. The van der Waals surface area contributed by atoms with E-state index in [1.54, 1.807) is 12.1 Å². The van der Waals surface area contributed by atoms with Crippen molar-refractivity contribution in [2.24, 2.45) is 5.92 Å². The van der Waals surface area contributed by atoms with E-state index in [0.29, 0.717) is 5.92 Å². The molecule has 1 saturated carbocycles. The van der Waals surface area contributed by atoms with E-state index in [4.69, 9.17) is 0 Å². The van der Waals surface area contributed by atoms with Crippen LogP contribution >= 0.6 is 0 Å². The van der Waals surface area contributed by atoms with Crippen LogP contribution in [0, 0.1) is 25.6 Å². The summed E-state index contributed by atoms with van der Waals surface area (Å²) in [5, 5.41) is 0. The fourth-order valence-electron chi connectivity index (χ4n) is 3.29. The van der Waals surface area contributed by atoms with E-state index in [1.165, 1.54) is 25.0 Å². The predicted octanol–water partition coefficient (Wildman–Crippen LogP) is 4.50. The van der Waals surface area contributed by atoms with Crippen molar-refractivity contribution in [1.82, 2.24) is 9.47 Å². The number of hydrogen-bond acceptors (Lipinski definition) is 1. The zero-order valence-corrected chi connectivity index (χ0v) is 14.7. The molecule has 0 N–H and O–H groups in total. The van der Waals surface area contributed by atoms with Crippen LogP contribution in [0.15, 0.2) is 30.3 Å². The summed E-state index contributed by atoms with van der Waals surface area (Å²) in [5.41, 5.74) is 3.55. The molecule has 128 valence electrons. The Kier molecular flexibility index (Phi) is 4.74. The Morgan fingerprint density at radius 2 is 1.92 bits per heavy atom. The highest BCUT2D eigenvalue weighted by Gasteiger charge is 2.28. The predicted molar refractivity (Wildman–Crippen MR) is 94.1 cm³/mol. The molecule has 3 nitrogen and oxygen atoms in total. The van der Waals surface area contributed by atoms with Crippen LogP contribution in [0.2, 0.25) is 0 Å². The van der Waals surface area contributed by atoms with Crippen molar-refractivity contribution < 1.29 is 9.18 Å². The van der Waals surface area contributed by atoms with Gasteiger partial charge in [0, 0.05) is 30.2 Å². The number of rotatable bonds is 6. The zero-order chi connectivity index (χ0) is 17.3. The van der Waals surface area contributed by atoms with Gasteiger partial charge in [0.1, 0.15) is 5.82 Å². The lowest BCUT2D eigenvalue weighted by Gasteiger charge is -2.22. The monoisotopic (exact) mass is 328 g/mol. The number of carbonyl (C=O) groups is 1. The van der Waals surface area contributed by atoms with Crippen molar-refractivity contribution in [3.05, 3.63) is 53.1 Å². The first kappa shape index (κ1) is 16.7. The maximum Gasteiger partial charge on any atom is 0.255 e. The quantitative estimate of drug-likeness (QED) is 0.766. The molecular formula is C20H25FN2O. The Bertz CT molecular complexity index is 729. The molecule has 0 bridgehead atoms. The number of amides is 1. The Hall–Kier alpha value is -2.10. The summed E-state index contributed by atoms with van der Waals surface area (Å²) >= 11 is 0. The van der Waals surface area contributed by atoms with Gasteiger partial charge in [-0.25, -0.2) is 4.39 Å². The fourth-order valence-corrected chi connectivity index (χ4v) is 3.29. The van der Waals surface area contributed by atoms with Crippen LogP contribution < -0.4 is 0 Å². The van der Waals surface area contributed by atoms with Gasteiger partial charge in [0.2, 0.25) is 0 Å². The van der Waals surface area contributed by atoms with E-state index in [2.05, 4.69) is 6.92 Å². The first-order valence-corrected chi connectivity index (χ1v) is 8.75. The van der Waals surface area contributed by atoms with Gasteiger partial charge in [0.25, 0.3) is 5.91 Å². The molecule has 0 atom stereocenters. The molecular weight excluding hydrogens is 303 g/mol. The third-order valence-electron chi connectivity index (χ3n) is 4.70. The highest BCUT2D eigenvalue weighted by molar-refractivity contribution is 5.96. The number of halogens is 1. The normalized spacial score (nSPS) is 14.0. The van der Waals surface area contributed by atoms with Crippen molar-refractivity contribution in [2.45, 2.75) is 40.0 Å². The van der Waals surface area contributed by atoms with E-state index in [0.717, 1.165) is 42.1 Å². The summed E-state index contributed by atoms with van der Waals surface area (Å²) < 4.78 is 15.2. The number of aromatic nitrogens is 1. The molecule has 2 aromatic rings. The molecule has 1 aromatic carbocycles. The molecule has 0 spiro atoms. The molecule has 1 aliphatic carbocycles. The zero-order valence-electron chi connectivity index (χ0n) is 14.7. The van der Waals surface area contributed by atoms with Crippen molar-refractivity contribution >= 4 is 5.91 Å². The number of nitrogens with zero attached hydrogens (tertiary/aromatic N) is 2. The standard InChI is InChI=1S/C20H25FN2O/c1-4-11-22(13-16-5-6-16)20(24)19-12-14(2)23(15(19)3)18-9-7-17(21)8-10-18/h7-10,12,16H,4-6,11,13H2,1-3H3. The summed E-state index contributed by atoms with van der Waals surface area (Å²) in [6.07, 6.45) is 3.44. The lowest BCUT2D eigenvalue weighted by molar-refractivity contribution is 0.0747. The summed E-state index contributed by atoms with van der Waals surface area (Å²) in [5.74, 6) is 0.544. The maximum atomic E-state index is 13.2. The molecule has 0 aliphatic heterocycles. The van der Waals surface area contributed by atoms with Crippen LogP contribution in [0.4, 0.5) is 4.39 Å². The van der Waals surface area contributed by atoms with Gasteiger partial charge in [-0.1, -0.05) is 6.92 Å². The molecule has 4 heteroatoms. The van der Waals surface area contributed by atoms with E-state index >= 15 is 0 Å². The van der Waals surface area contributed by atoms with Gasteiger partial charge in [-0.15, -0.1) is 0 Å². The van der Waals surface area contributed by atoms with Crippen molar-refractivity contribution in [3.8, 4) is 5.69 Å². The van der Waals surface area contributed by atoms with Crippen LogP contribution in [0.1, 0.15) is 47.9 Å². The number of aryl methyl sites for hydroxylation is 1. The minimum atomic E-state index is -0.254. The largest absolute Gasteiger partial charge is 0.338 e. The lowest BCUT2D eigenvalue weighted by atomic mass is 10.2. The summed E-state index contributed by atoms with van der Waals surface area (Å²) in [7, 11) is 0. The number of carbonyl (C=O) groups excluding carboxylic acids is 1. The molecule has 3 rings (SSSR count). The Balaban J connectivity index is 1.91. The summed E-state index contributed by atoms with van der Waals surface area (Å²) in [4.78, 5) is 15.0. The average molecular weight is 328 g/mol. The van der Waals surface area contributed by atoms with Crippen LogP contribution in [0.5, 0.6) is 0 Å². The van der Waals surface area contributed by atoms with Gasteiger partial charge in [-0.2, -0.15) is 0 Å². The van der Waals surface area contributed by atoms with Gasteiger partial charge in [0.15, 0.2) is 0 Å². The summed E-state index contributed by atoms with van der Waals surface area (Å²) in [6.45, 7) is 7.72. The van der Waals surface area contributed by atoms with Crippen LogP contribution in [0.3, 0.4) is 0 Å². The topological polar surface area (TPSA) is 25.2 Å². The minimum absolute atomic E-state index is 0.116. The smallest absolute Gasteiger partial charge is 0.255 e. The lowest BCUT2D eigenvalue weighted by Crippen LogP contribution is -2.33. The second-order valence-electron chi connectivity index (χ2n) is 6.79. The van der Waals surface area contributed by atoms with Gasteiger partial charge in [0.05, 0.1) is 5.56 Å². The molecule has 1 aliphatic rings. The maximum absolute atomic E-state index is 13.2. The molecule has 0 unspecified atom stereocenters. The van der Waals surface area contributed by atoms with Crippen molar-refractivity contribution in [3.63, 3.8) is 0 Å². The van der Waals surface area contributed by atoms with Crippen molar-refractivity contribution in [2.75, 3.05) is 13.1 Å². The molecule has 1 fully saturated rings. The second kappa shape index (κ2) is 6.80. The molecule has 0 saturated heterocycles. The third kappa shape index (κ3) is 3.37. The molecule has 1 amide bonds. The fraction of sp³-hybridized carbons (Fsp3) is 0.450. The third-order valence-corrected chi connectivity index (χ3v) is 4.70. The molecule has 1 aromatic heterocycles. The van der Waals surface area contributed by atoms with Gasteiger partial charge in [-0.05, 0) is 69.4 Å². The molecule has 24 heavy (non-hydrogen) atoms. The second-order valence-corrected chi connectivity index (χ2v) is 6.79. The first-order valence-electron chi connectivity index (χ1n) is 8.75. The average Bonchev–Trinajstić information content (AvgIpc) is 3.32. The van der Waals surface area contributed by atoms with E-state index < -0.39 is 0 Å². The Labute approximate surface area is 143 Å². The minimum Gasteiger partial charge on any atom is -0.338 e. The van der Waals surface area contributed by atoms with E-state index in [1.807, 2.05) is 29.4 Å². The first-order chi connectivity index (χ1) is 11.5. The van der Waals surface area contributed by atoms with Crippen LogP contribution in [-0.2, 0) is 0 Å². The Morgan fingerprint density at radius 1 is 1.25 bits per heavy atom. The highest BCUT2D eigenvalue weighted by atomic mass is 19.1. The number of benzene rings is 1. The van der Waals surface area contributed by atoms with Gasteiger partial charge < -0.3 is 9.47 Å². The van der Waals surface area contributed by atoms with Crippen LogP contribution in [0.25, 0.3) is 5.69 Å². The van der Waals surface area contributed by atoms with Crippen LogP contribution in [-0.4, -0.2) is 28.5 Å². The SMILES string of the molecule is CCCN(CC1CC1)C(=O)c1cc(C)n(-c2ccc(F)cc2)c1C. The van der Waals surface area contributed by atoms with E-state index in [-0.39, 0.29) is 11.7 Å². The van der Waals surface area contributed by atoms with E-state index in [9.17, 15) is 9.18 Å². The van der Waals surface area contributed by atoms with Gasteiger partial charge >= 0.3 is 0 Å². The molecule has 1 heterocycles. The number of hydrogen-bond donors (Lipinski definition) is 0. The highest BCUT2D eigenvalue weighted by Crippen LogP contribution is 2.31. The van der Waals surface area contributed by atoms with Gasteiger partial charge in [-0.3, -0.25) is 4.79 Å². The Morgan fingerprint density at radius 3 is 2.50 bits per heavy atom. The summed E-state index contributed by atoms with van der Waals surface area (Å²) in [6, 6.07) is 8.35. The van der Waals surface area contributed by atoms with Crippen molar-refractivity contribution in [1.29, 1.82) is 0 Å².